The van der Waals surface area contributed by atoms with E-state index < -0.39 is 0 Å². The Morgan fingerprint density at radius 1 is 1.14 bits per heavy atom. The third-order valence-electron chi connectivity index (χ3n) is 2.29. The number of nitrogens with one attached hydrogen (secondary N) is 1. The van der Waals surface area contributed by atoms with Gasteiger partial charge in [0, 0.05) is 32.8 Å². The molecule has 1 fully saturated rings. The number of piperazine rings is 1. The Bertz CT molecular complexity index is 103. The lowest BCUT2D eigenvalue weighted by Crippen LogP contribution is -2.43. The fraction of sp³-hybridized carbons (Fsp3) is 1.00. The molecule has 0 aromatic rings. The van der Waals surface area contributed by atoms with Crippen LogP contribution < -0.4 is 5.32 Å². The van der Waals surface area contributed by atoms with Crippen molar-refractivity contribution in [1.82, 2.24) is 10.2 Å². The summed E-state index contributed by atoms with van der Waals surface area (Å²) in [4.78, 5) is 2.56. The second kappa shape index (κ2) is 11.0. The molecule has 14 heavy (non-hydrogen) atoms. The van der Waals surface area contributed by atoms with Crippen LogP contribution in [0.1, 0.15) is 33.1 Å². The predicted molar refractivity (Wildman–Crippen MR) is 61.6 cm³/mol. The highest BCUT2D eigenvalue weighted by atomic mass is 16.2. The topological polar surface area (TPSA) is 35.5 Å². The maximum atomic E-state index is 7.57. The van der Waals surface area contributed by atoms with Gasteiger partial charge in [-0.1, -0.05) is 19.8 Å². The summed E-state index contributed by atoms with van der Waals surface area (Å²) in [5.41, 5.74) is 0. The van der Waals surface area contributed by atoms with E-state index in [2.05, 4.69) is 17.1 Å². The largest absolute Gasteiger partial charge is 0.397 e. The zero-order valence-corrected chi connectivity index (χ0v) is 9.76. The molecular weight excluding hydrogens is 176 g/mol. The second-order valence-corrected chi connectivity index (χ2v) is 3.61. The van der Waals surface area contributed by atoms with Crippen LogP contribution in [0.15, 0.2) is 0 Å². The van der Waals surface area contributed by atoms with Gasteiger partial charge >= 0.3 is 0 Å². The first-order chi connectivity index (χ1) is 6.85. The van der Waals surface area contributed by atoms with Gasteiger partial charge in [0.05, 0.1) is 0 Å². The minimum absolute atomic E-state index is 0.250. The third-order valence-corrected chi connectivity index (χ3v) is 2.29. The van der Waals surface area contributed by atoms with Crippen LogP contribution in [0.5, 0.6) is 0 Å². The van der Waals surface area contributed by atoms with Crippen LogP contribution >= 0.6 is 0 Å². The quantitative estimate of drug-likeness (QED) is 0.670. The van der Waals surface area contributed by atoms with Crippen LogP contribution in [0, 0.1) is 0 Å². The fourth-order valence-corrected chi connectivity index (χ4v) is 1.52. The summed E-state index contributed by atoms with van der Waals surface area (Å²) in [5.74, 6) is 0. The van der Waals surface area contributed by atoms with Crippen molar-refractivity contribution in [3.8, 4) is 0 Å². The molecule has 0 aromatic carbocycles. The van der Waals surface area contributed by atoms with Crippen LogP contribution in [-0.4, -0.2) is 49.3 Å². The van der Waals surface area contributed by atoms with Crippen molar-refractivity contribution in [2.75, 3.05) is 39.3 Å². The fourth-order valence-electron chi connectivity index (χ4n) is 1.52. The van der Waals surface area contributed by atoms with Gasteiger partial charge in [0.1, 0.15) is 0 Å². The summed E-state index contributed by atoms with van der Waals surface area (Å²) in [6, 6.07) is 0. The van der Waals surface area contributed by atoms with Gasteiger partial charge in [-0.05, 0) is 19.9 Å². The van der Waals surface area contributed by atoms with Gasteiger partial charge in [0.25, 0.3) is 0 Å². The zero-order valence-electron chi connectivity index (χ0n) is 9.76. The highest BCUT2D eigenvalue weighted by Crippen LogP contribution is 1.98. The molecular formula is C11H26N2O. The molecule has 1 aliphatic heterocycles. The Morgan fingerprint density at radius 2 is 1.71 bits per heavy atom. The summed E-state index contributed by atoms with van der Waals surface area (Å²) in [5, 5.41) is 10.9. The van der Waals surface area contributed by atoms with Crippen molar-refractivity contribution in [2.24, 2.45) is 0 Å². The minimum atomic E-state index is 0.250. The van der Waals surface area contributed by atoms with Crippen molar-refractivity contribution >= 4 is 0 Å². The normalized spacial score (nSPS) is 17.4. The smallest absolute Gasteiger partial charge is 0.0402 e. The van der Waals surface area contributed by atoms with Crippen molar-refractivity contribution in [2.45, 2.75) is 33.1 Å². The van der Waals surface area contributed by atoms with E-state index >= 15 is 0 Å². The summed E-state index contributed by atoms with van der Waals surface area (Å²) < 4.78 is 0. The maximum absolute atomic E-state index is 7.57. The molecule has 0 radical (unpaired) electrons. The molecule has 0 aliphatic carbocycles. The van der Waals surface area contributed by atoms with Gasteiger partial charge in [-0.2, -0.15) is 0 Å². The van der Waals surface area contributed by atoms with Crippen molar-refractivity contribution in [3.63, 3.8) is 0 Å². The summed E-state index contributed by atoms with van der Waals surface area (Å²) >= 11 is 0. The van der Waals surface area contributed by atoms with Gasteiger partial charge in [-0.3, -0.25) is 0 Å². The average Bonchev–Trinajstić information content (AvgIpc) is 2.21. The molecule has 0 aromatic heterocycles. The Balaban J connectivity index is 0.000000500. The summed E-state index contributed by atoms with van der Waals surface area (Å²) in [6.45, 7) is 10.4. The average molecular weight is 202 g/mol. The molecule has 0 atom stereocenters. The van der Waals surface area contributed by atoms with Gasteiger partial charge in [-0.15, -0.1) is 0 Å². The number of unbranched alkanes of at least 4 members (excludes halogenated alkanes) is 2. The van der Waals surface area contributed by atoms with E-state index in [4.69, 9.17) is 5.11 Å². The predicted octanol–water partition coefficient (Wildman–Crippen LogP) is 1.08. The van der Waals surface area contributed by atoms with Gasteiger partial charge in [0.15, 0.2) is 0 Å². The van der Waals surface area contributed by atoms with Gasteiger partial charge < -0.3 is 15.3 Å². The third kappa shape index (κ3) is 8.48. The molecule has 1 heterocycles. The SMILES string of the molecule is CCCCCN1CCNCC1.CCO. The van der Waals surface area contributed by atoms with Gasteiger partial charge in [-0.25, -0.2) is 0 Å². The number of hydrogen-bond acceptors (Lipinski definition) is 3. The molecule has 1 saturated heterocycles. The highest BCUT2D eigenvalue weighted by molar-refractivity contribution is 4.66. The number of aliphatic hydroxyl groups excluding tert-OH is 1. The van der Waals surface area contributed by atoms with Gasteiger partial charge in [0.2, 0.25) is 0 Å². The van der Waals surface area contributed by atoms with E-state index in [0.717, 1.165) is 0 Å². The van der Waals surface area contributed by atoms with Crippen LogP contribution in [-0.2, 0) is 0 Å². The number of hydrogen-bond donors (Lipinski definition) is 2. The van der Waals surface area contributed by atoms with Crippen LogP contribution in [0.3, 0.4) is 0 Å². The molecule has 86 valence electrons. The summed E-state index contributed by atoms with van der Waals surface area (Å²) in [7, 11) is 0. The van der Waals surface area contributed by atoms with Crippen LogP contribution in [0.4, 0.5) is 0 Å². The second-order valence-electron chi connectivity index (χ2n) is 3.61. The molecule has 1 rings (SSSR count). The summed E-state index contributed by atoms with van der Waals surface area (Å²) in [6.07, 6.45) is 4.12. The standard InChI is InChI=1S/C9H20N2.C2H6O/c1-2-3-4-7-11-8-5-10-6-9-11;1-2-3/h10H,2-9H2,1H3;3H,2H2,1H3. The number of nitrogens with zero attached hydrogens (tertiary/aromatic N) is 1. The van der Waals surface area contributed by atoms with E-state index in [0.29, 0.717) is 0 Å². The van der Waals surface area contributed by atoms with Crippen LogP contribution in [0.2, 0.25) is 0 Å². The highest BCUT2D eigenvalue weighted by Gasteiger charge is 2.07. The van der Waals surface area contributed by atoms with E-state index in [1.807, 2.05) is 0 Å². The molecule has 3 nitrogen and oxygen atoms in total. The van der Waals surface area contributed by atoms with E-state index in [1.54, 1.807) is 6.92 Å². The molecule has 0 amide bonds. The number of rotatable bonds is 4. The first kappa shape index (κ1) is 13.9. The Hall–Kier alpha value is -0.120. The van der Waals surface area contributed by atoms with Crippen molar-refractivity contribution < 1.29 is 5.11 Å². The number of aliphatic hydroxyl groups is 1. The Kier molecular flexibility index (Phi) is 10.9. The lowest BCUT2D eigenvalue weighted by molar-refractivity contribution is 0.236. The zero-order chi connectivity index (χ0) is 10.6. The van der Waals surface area contributed by atoms with E-state index in [9.17, 15) is 0 Å². The maximum Gasteiger partial charge on any atom is 0.0402 e. The van der Waals surface area contributed by atoms with E-state index in [1.165, 1.54) is 52.0 Å². The van der Waals surface area contributed by atoms with Crippen LogP contribution in [0.25, 0.3) is 0 Å². The first-order valence-corrected chi connectivity index (χ1v) is 5.89. The van der Waals surface area contributed by atoms with E-state index in [-0.39, 0.29) is 6.61 Å². The molecule has 0 saturated carbocycles. The molecule has 3 heteroatoms. The Labute approximate surface area is 88.5 Å². The molecule has 2 N–H and O–H groups in total. The van der Waals surface area contributed by atoms with Crippen molar-refractivity contribution in [3.05, 3.63) is 0 Å². The molecule has 0 bridgehead atoms. The first-order valence-electron chi connectivity index (χ1n) is 5.89. The lowest BCUT2D eigenvalue weighted by atomic mass is 10.2. The molecule has 0 spiro atoms. The van der Waals surface area contributed by atoms with Crippen molar-refractivity contribution in [1.29, 1.82) is 0 Å². The lowest BCUT2D eigenvalue weighted by Gasteiger charge is -2.26. The Morgan fingerprint density at radius 3 is 2.21 bits per heavy atom. The molecule has 1 aliphatic rings. The minimum Gasteiger partial charge on any atom is -0.397 e. The molecule has 0 unspecified atom stereocenters. The monoisotopic (exact) mass is 202 g/mol.